The van der Waals surface area contributed by atoms with Gasteiger partial charge in [-0.05, 0) is 18.1 Å². The molecule has 3 aromatic heterocycles. The van der Waals surface area contributed by atoms with Crippen LogP contribution in [0.25, 0.3) is 17.1 Å². The zero-order valence-corrected chi connectivity index (χ0v) is 18.3. The molecule has 0 spiro atoms. The maximum Gasteiger partial charge on any atom is 0.222 e. The van der Waals surface area contributed by atoms with E-state index >= 15 is 0 Å². The molecule has 1 aliphatic rings. The number of nitrogens with zero attached hydrogens (tertiary/aromatic N) is 8. The quantitative estimate of drug-likeness (QED) is 0.427. The van der Waals surface area contributed by atoms with Crippen molar-refractivity contribution in [3.05, 3.63) is 76.7 Å². The number of rotatable bonds is 7. The zero-order chi connectivity index (χ0) is 22.8. The van der Waals surface area contributed by atoms with Gasteiger partial charge in [-0.1, -0.05) is 18.2 Å². The van der Waals surface area contributed by atoms with E-state index in [1.54, 1.807) is 32.8 Å². The second-order valence-electron chi connectivity index (χ2n) is 8.14. The smallest absolute Gasteiger partial charge is 0.222 e. The van der Waals surface area contributed by atoms with E-state index in [0.29, 0.717) is 37.4 Å². The van der Waals surface area contributed by atoms with Gasteiger partial charge in [0.15, 0.2) is 5.82 Å². The van der Waals surface area contributed by atoms with E-state index in [-0.39, 0.29) is 11.3 Å². The molecular formula is C23H24N8O2. The molecule has 33 heavy (non-hydrogen) atoms. The molecule has 1 fully saturated rings. The summed E-state index contributed by atoms with van der Waals surface area (Å²) in [7, 11) is 1.83. The molecule has 0 radical (unpaired) electrons. The van der Waals surface area contributed by atoms with Crippen LogP contribution >= 0.6 is 0 Å². The summed E-state index contributed by atoms with van der Waals surface area (Å²) in [4.78, 5) is 30.5. The molecule has 4 aromatic rings. The molecule has 168 valence electrons. The van der Waals surface area contributed by atoms with Crippen LogP contribution < -0.4 is 5.43 Å². The highest BCUT2D eigenvalue weighted by atomic mass is 16.2. The molecule has 0 aliphatic carbocycles. The van der Waals surface area contributed by atoms with Crippen LogP contribution in [0.3, 0.4) is 0 Å². The van der Waals surface area contributed by atoms with Crippen molar-refractivity contribution in [1.29, 1.82) is 0 Å². The Morgan fingerprint density at radius 2 is 2.00 bits per heavy atom. The van der Waals surface area contributed by atoms with Gasteiger partial charge in [-0.3, -0.25) is 19.0 Å². The summed E-state index contributed by atoms with van der Waals surface area (Å²) in [5.74, 6) is 0.818. The third-order valence-corrected chi connectivity index (χ3v) is 5.70. The van der Waals surface area contributed by atoms with Crippen LogP contribution in [0.15, 0.2) is 60.0 Å². The SMILES string of the molecule is Cn1cc(-n2ccc(=O)c(Cc3cccc(-c4ncn(CCN5CCCC5=O)n4)c3)n2)cn1. The largest absolute Gasteiger partial charge is 0.341 e. The van der Waals surface area contributed by atoms with E-state index in [1.807, 2.05) is 42.4 Å². The standard InChI is InChI=1S/C23H24N8O2/c1-28-15-19(14-25-28)31-9-7-21(32)20(26-31)13-17-4-2-5-18(12-17)23-24-16-30(27-23)11-10-29-8-3-6-22(29)33/h2,4-5,7,9,12,14-16H,3,6,8,10-11,13H2,1H3. The number of likely N-dealkylation sites (tertiary alicyclic amines) is 1. The third kappa shape index (κ3) is 4.59. The van der Waals surface area contributed by atoms with E-state index in [2.05, 4.69) is 20.3 Å². The first kappa shape index (κ1) is 20.8. The van der Waals surface area contributed by atoms with Crippen molar-refractivity contribution in [3.63, 3.8) is 0 Å². The van der Waals surface area contributed by atoms with Gasteiger partial charge < -0.3 is 4.90 Å². The average molecular weight is 444 g/mol. The van der Waals surface area contributed by atoms with Crippen LogP contribution in [0.5, 0.6) is 0 Å². The van der Waals surface area contributed by atoms with Gasteiger partial charge in [0.1, 0.15) is 17.7 Å². The van der Waals surface area contributed by atoms with Crippen molar-refractivity contribution in [2.45, 2.75) is 25.8 Å². The van der Waals surface area contributed by atoms with Crippen molar-refractivity contribution in [2.24, 2.45) is 7.05 Å². The van der Waals surface area contributed by atoms with Gasteiger partial charge in [0, 0.05) is 50.8 Å². The van der Waals surface area contributed by atoms with Crippen LogP contribution in [0.1, 0.15) is 24.1 Å². The molecular weight excluding hydrogens is 420 g/mol. The first-order valence-electron chi connectivity index (χ1n) is 10.9. The highest BCUT2D eigenvalue weighted by Crippen LogP contribution is 2.18. The van der Waals surface area contributed by atoms with Crippen molar-refractivity contribution in [3.8, 4) is 17.1 Å². The lowest BCUT2D eigenvalue weighted by Gasteiger charge is -2.14. The average Bonchev–Trinajstić information content (AvgIpc) is 3.56. The molecule has 10 nitrogen and oxygen atoms in total. The summed E-state index contributed by atoms with van der Waals surface area (Å²) in [5.41, 5.74) is 2.94. The van der Waals surface area contributed by atoms with E-state index in [0.717, 1.165) is 29.8 Å². The van der Waals surface area contributed by atoms with Crippen molar-refractivity contribution >= 4 is 5.91 Å². The monoisotopic (exact) mass is 444 g/mol. The Kier molecular flexibility index (Phi) is 5.55. The number of carbonyl (C=O) groups is 1. The van der Waals surface area contributed by atoms with E-state index in [4.69, 9.17) is 0 Å². The van der Waals surface area contributed by atoms with Gasteiger partial charge >= 0.3 is 0 Å². The second kappa shape index (κ2) is 8.81. The van der Waals surface area contributed by atoms with Crippen molar-refractivity contribution in [2.75, 3.05) is 13.1 Å². The van der Waals surface area contributed by atoms with Crippen molar-refractivity contribution < 1.29 is 4.79 Å². The van der Waals surface area contributed by atoms with E-state index in [9.17, 15) is 9.59 Å². The molecule has 0 N–H and O–H groups in total. The molecule has 0 atom stereocenters. The Balaban J connectivity index is 1.31. The predicted octanol–water partition coefficient (Wildman–Crippen LogP) is 1.44. The number of aryl methyl sites for hydroxylation is 1. The lowest BCUT2D eigenvalue weighted by molar-refractivity contribution is -0.127. The molecule has 0 unspecified atom stereocenters. The molecule has 1 aliphatic heterocycles. The summed E-state index contributed by atoms with van der Waals surface area (Å²) in [6, 6.07) is 9.33. The minimum atomic E-state index is -0.112. The minimum absolute atomic E-state index is 0.112. The normalized spacial score (nSPS) is 13.7. The molecule has 1 saturated heterocycles. The molecule has 0 saturated carbocycles. The maximum absolute atomic E-state index is 12.4. The first-order chi connectivity index (χ1) is 16.0. The van der Waals surface area contributed by atoms with Gasteiger partial charge in [-0.2, -0.15) is 15.3 Å². The van der Waals surface area contributed by atoms with Crippen LogP contribution in [-0.4, -0.2) is 58.2 Å². The van der Waals surface area contributed by atoms with Gasteiger partial charge in [-0.25, -0.2) is 9.67 Å². The second-order valence-corrected chi connectivity index (χ2v) is 8.14. The summed E-state index contributed by atoms with van der Waals surface area (Å²) >= 11 is 0. The highest BCUT2D eigenvalue weighted by Gasteiger charge is 2.19. The third-order valence-electron chi connectivity index (χ3n) is 5.70. The van der Waals surface area contributed by atoms with Crippen LogP contribution in [-0.2, 0) is 24.8 Å². The fourth-order valence-electron chi connectivity index (χ4n) is 3.95. The first-order valence-corrected chi connectivity index (χ1v) is 10.9. The summed E-state index contributed by atoms with van der Waals surface area (Å²) in [6.07, 6.45) is 8.83. The number of hydrogen-bond donors (Lipinski definition) is 0. The van der Waals surface area contributed by atoms with Crippen LogP contribution in [0.2, 0.25) is 0 Å². The predicted molar refractivity (Wildman–Crippen MR) is 121 cm³/mol. The maximum atomic E-state index is 12.4. The molecule has 10 heteroatoms. The fourth-order valence-corrected chi connectivity index (χ4v) is 3.95. The number of carbonyl (C=O) groups excluding carboxylic acids is 1. The molecule has 1 aromatic carbocycles. The Hall–Kier alpha value is -4.08. The molecule has 5 rings (SSSR count). The molecule has 4 heterocycles. The Labute approximate surface area is 190 Å². The number of hydrogen-bond acceptors (Lipinski definition) is 6. The number of benzene rings is 1. The lowest BCUT2D eigenvalue weighted by Crippen LogP contribution is -2.28. The van der Waals surface area contributed by atoms with Crippen LogP contribution in [0, 0.1) is 0 Å². The number of aromatic nitrogens is 7. The fraction of sp³-hybridized carbons (Fsp3) is 0.304. The lowest BCUT2D eigenvalue weighted by atomic mass is 10.1. The van der Waals surface area contributed by atoms with Gasteiger partial charge in [0.05, 0.1) is 18.9 Å². The highest BCUT2D eigenvalue weighted by molar-refractivity contribution is 5.78. The summed E-state index contributed by atoms with van der Waals surface area (Å²) in [6.45, 7) is 2.07. The van der Waals surface area contributed by atoms with E-state index < -0.39 is 0 Å². The van der Waals surface area contributed by atoms with Gasteiger partial charge in [0.25, 0.3) is 0 Å². The topological polar surface area (TPSA) is 104 Å². The summed E-state index contributed by atoms with van der Waals surface area (Å²) in [5, 5.41) is 13.2. The Morgan fingerprint density at radius 1 is 1.09 bits per heavy atom. The van der Waals surface area contributed by atoms with Gasteiger partial charge in [-0.15, -0.1) is 0 Å². The van der Waals surface area contributed by atoms with Crippen molar-refractivity contribution in [1.82, 2.24) is 39.2 Å². The molecule has 1 amide bonds. The number of amides is 1. The Bertz CT molecular complexity index is 1350. The van der Waals surface area contributed by atoms with E-state index in [1.165, 1.54) is 6.07 Å². The minimum Gasteiger partial charge on any atom is -0.341 e. The molecule has 0 bridgehead atoms. The zero-order valence-electron chi connectivity index (χ0n) is 18.3. The summed E-state index contributed by atoms with van der Waals surface area (Å²) < 4.78 is 5.11. The Morgan fingerprint density at radius 3 is 2.79 bits per heavy atom. The van der Waals surface area contributed by atoms with Crippen LogP contribution in [0.4, 0.5) is 0 Å². The van der Waals surface area contributed by atoms with Gasteiger partial charge in [0.2, 0.25) is 11.3 Å².